The highest BCUT2D eigenvalue weighted by molar-refractivity contribution is 6.31. The lowest BCUT2D eigenvalue weighted by Crippen LogP contribution is -2.26. The van der Waals surface area contributed by atoms with Gasteiger partial charge in [0.2, 0.25) is 0 Å². The van der Waals surface area contributed by atoms with E-state index in [9.17, 15) is 0 Å². The predicted molar refractivity (Wildman–Crippen MR) is 98.9 cm³/mol. The Morgan fingerprint density at radius 1 is 1.29 bits per heavy atom. The van der Waals surface area contributed by atoms with Gasteiger partial charge in [0.05, 0.1) is 17.4 Å². The summed E-state index contributed by atoms with van der Waals surface area (Å²) in [5, 5.41) is 2.03. The molecule has 1 aliphatic rings. The van der Waals surface area contributed by atoms with Crippen molar-refractivity contribution in [3.63, 3.8) is 0 Å². The first-order valence-electron chi connectivity index (χ1n) is 8.08. The van der Waals surface area contributed by atoms with Gasteiger partial charge in [0.1, 0.15) is 0 Å². The van der Waals surface area contributed by atoms with Crippen molar-refractivity contribution in [3.8, 4) is 0 Å². The number of halogens is 1. The van der Waals surface area contributed by atoms with E-state index in [1.165, 1.54) is 22.2 Å². The van der Waals surface area contributed by atoms with Crippen LogP contribution in [0.1, 0.15) is 23.9 Å². The van der Waals surface area contributed by atoms with Gasteiger partial charge in [-0.1, -0.05) is 11.6 Å². The second-order valence-electron chi connectivity index (χ2n) is 6.35. The Bertz CT molecular complexity index is 927. The average Bonchev–Trinajstić information content (AvgIpc) is 2.88. The zero-order valence-electron chi connectivity index (χ0n) is 13.8. The van der Waals surface area contributed by atoms with E-state index in [1.54, 1.807) is 18.6 Å². The topological polar surface area (TPSA) is 34.0 Å². The number of aromatic nitrogens is 3. The lowest BCUT2D eigenvalue weighted by Gasteiger charge is -2.23. The number of fused-ring (bicyclic) bond motifs is 3. The molecule has 3 aromatic rings. The number of hydrogen-bond acceptors (Lipinski definition) is 3. The summed E-state index contributed by atoms with van der Waals surface area (Å²) in [6.45, 7) is 4.10. The number of benzene rings is 1. The minimum atomic E-state index is 0.783. The molecule has 0 unspecified atom stereocenters. The van der Waals surface area contributed by atoms with Crippen LogP contribution in [0.4, 0.5) is 0 Å². The Balaban J connectivity index is 1.92. The molecule has 2 aromatic heterocycles. The van der Waals surface area contributed by atoms with Crippen LogP contribution in [-0.4, -0.2) is 33.0 Å². The number of likely N-dealkylation sites (N-methyl/N-ethyl adjacent to an activating group) is 1. The van der Waals surface area contributed by atoms with E-state index in [4.69, 9.17) is 11.6 Å². The second kappa shape index (κ2) is 6.04. The van der Waals surface area contributed by atoms with Crippen molar-refractivity contribution in [2.45, 2.75) is 19.9 Å². The van der Waals surface area contributed by atoms with Gasteiger partial charge in [-0.2, -0.15) is 0 Å². The molecular weight excluding hydrogens is 320 g/mol. The molecule has 5 heteroatoms. The summed E-state index contributed by atoms with van der Waals surface area (Å²) >= 11 is 6.25. The van der Waals surface area contributed by atoms with E-state index < -0.39 is 0 Å². The molecular formula is C19H19ClN4. The highest BCUT2D eigenvalue weighted by Gasteiger charge is 2.22. The van der Waals surface area contributed by atoms with E-state index in [0.717, 1.165) is 35.8 Å². The number of rotatable bonds is 2. The molecule has 0 N–H and O–H groups in total. The molecule has 122 valence electrons. The van der Waals surface area contributed by atoms with Crippen LogP contribution >= 0.6 is 11.6 Å². The molecule has 4 rings (SSSR count). The summed E-state index contributed by atoms with van der Waals surface area (Å²) in [6.07, 6.45) is 8.42. The van der Waals surface area contributed by atoms with Crippen LogP contribution in [0.5, 0.6) is 0 Å². The lowest BCUT2D eigenvalue weighted by molar-refractivity contribution is 0.312. The molecule has 1 aromatic carbocycles. The molecule has 0 atom stereocenters. The van der Waals surface area contributed by atoms with Crippen molar-refractivity contribution in [2.75, 3.05) is 13.6 Å². The van der Waals surface area contributed by atoms with Gasteiger partial charge in [-0.3, -0.25) is 9.97 Å². The van der Waals surface area contributed by atoms with Gasteiger partial charge in [-0.05, 0) is 43.3 Å². The van der Waals surface area contributed by atoms with Gasteiger partial charge < -0.3 is 9.47 Å². The molecule has 0 saturated heterocycles. The summed E-state index contributed by atoms with van der Waals surface area (Å²) < 4.78 is 2.30. The van der Waals surface area contributed by atoms with Crippen LogP contribution in [-0.2, 0) is 13.0 Å². The average molecular weight is 339 g/mol. The largest absolute Gasteiger partial charge is 0.320 e. The van der Waals surface area contributed by atoms with Gasteiger partial charge in [-0.15, -0.1) is 0 Å². The predicted octanol–water partition coefficient (Wildman–Crippen LogP) is 4.09. The number of allylic oxidation sites excluding steroid dienone is 1. The third-order valence-corrected chi connectivity index (χ3v) is 4.87. The maximum absolute atomic E-state index is 6.25. The van der Waals surface area contributed by atoms with Crippen LogP contribution in [0.3, 0.4) is 0 Å². The molecule has 4 nitrogen and oxygen atoms in total. The molecule has 0 aliphatic carbocycles. The molecule has 0 bridgehead atoms. The fourth-order valence-corrected chi connectivity index (χ4v) is 3.58. The molecule has 0 radical (unpaired) electrons. The summed E-state index contributed by atoms with van der Waals surface area (Å²) in [7, 11) is 2.16. The normalized spacial score (nSPS) is 15.7. The first-order chi connectivity index (χ1) is 11.6. The molecule has 24 heavy (non-hydrogen) atoms. The summed E-state index contributed by atoms with van der Waals surface area (Å²) in [6, 6.07) is 6.15. The lowest BCUT2D eigenvalue weighted by atomic mass is 10.1. The Morgan fingerprint density at radius 2 is 2.17 bits per heavy atom. The fraction of sp³-hybridized carbons (Fsp3) is 0.263. The third kappa shape index (κ3) is 2.62. The van der Waals surface area contributed by atoms with Crippen LogP contribution in [0.15, 0.2) is 36.8 Å². The number of nitrogens with zero attached hydrogens (tertiary/aromatic N) is 4. The monoisotopic (exact) mass is 338 g/mol. The van der Waals surface area contributed by atoms with Gasteiger partial charge in [0.15, 0.2) is 0 Å². The second-order valence-corrected chi connectivity index (χ2v) is 6.78. The van der Waals surface area contributed by atoms with Crippen molar-refractivity contribution >= 4 is 34.3 Å². The summed E-state index contributed by atoms with van der Waals surface area (Å²) in [4.78, 5) is 10.9. The van der Waals surface area contributed by atoms with Crippen molar-refractivity contribution in [1.82, 2.24) is 19.4 Å². The van der Waals surface area contributed by atoms with Crippen LogP contribution in [0.2, 0.25) is 5.02 Å². The first-order valence-corrected chi connectivity index (χ1v) is 8.46. The number of hydrogen-bond donors (Lipinski definition) is 0. The van der Waals surface area contributed by atoms with E-state index >= 15 is 0 Å². The summed E-state index contributed by atoms with van der Waals surface area (Å²) in [5.74, 6) is 0. The Labute approximate surface area is 146 Å². The van der Waals surface area contributed by atoms with Crippen LogP contribution < -0.4 is 0 Å². The molecule has 0 amide bonds. The Kier molecular flexibility index (Phi) is 3.87. The molecule has 0 saturated carbocycles. The van der Waals surface area contributed by atoms with E-state index in [-0.39, 0.29) is 0 Å². The highest BCUT2D eigenvalue weighted by Crippen LogP contribution is 2.33. The minimum absolute atomic E-state index is 0.783. The van der Waals surface area contributed by atoms with Crippen LogP contribution in [0, 0.1) is 0 Å². The molecule has 0 spiro atoms. The zero-order chi connectivity index (χ0) is 16.7. The fourth-order valence-electron chi connectivity index (χ4n) is 3.41. The van der Waals surface area contributed by atoms with Crippen molar-refractivity contribution in [3.05, 3.63) is 58.8 Å². The van der Waals surface area contributed by atoms with E-state index in [0.29, 0.717) is 0 Å². The highest BCUT2D eigenvalue weighted by atomic mass is 35.5. The Morgan fingerprint density at radius 3 is 2.96 bits per heavy atom. The maximum Gasteiger partial charge on any atom is 0.0856 e. The zero-order valence-corrected chi connectivity index (χ0v) is 14.6. The molecule has 1 aliphatic heterocycles. The SMILES string of the molecule is CC(=Cn1c2c(c3cc(Cl)ccc31)CN(C)CC2)c1cnccn1. The molecule has 0 fully saturated rings. The molecule has 3 heterocycles. The van der Waals surface area contributed by atoms with Gasteiger partial charge in [-0.25, -0.2) is 0 Å². The van der Waals surface area contributed by atoms with E-state index in [2.05, 4.69) is 51.7 Å². The smallest absolute Gasteiger partial charge is 0.0856 e. The third-order valence-electron chi connectivity index (χ3n) is 4.63. The van der Waals surface area contributed by atoms with Gasteiger partial charge >= 0.3 is 0 Å². The van der Waals surface area contributed by atoms with Crippen molar-refractivity contribution in [2.24, 2.45) is 0 Å². The van der Waals surface area contributed by atoms with Crippen molar-refractivity contribution < 1.29 is 0 Å². The summed E-state index contributed by atoms with van der Waals surface area (Å²) in [5.41, 5.74) is 5.94. The van der Waals surface area contributed by atoms with Crippen molar-refractivity contribution in [1.29, 1.82) is 0 Å². The van der Waals surface area contributed by atoms with Gasteiger partial charge in [0.25, 0.3) is 0 Å². The van der Waals surface area contributed by atoms with Crippen LogP contribution in [0.25, 0.3) is 22.7 Å². The first kappa shape index (κ1) is 15.4. The minimum Gasteiger partial charge on any atom is -0.320 e. The van der Waals surface area contributed by atoms with E-state index in [1.807, 2.05) is 6.07 Å². The maximum atomic E-state index is 6.25. The quantitative estimate of drug-likeness (QED) is 0.705. The van der Waals surface area contributed by atoms with Gasteiger partial charge in [0, 0.05) is 54.2 Å². The Hall–Kier alpha value is -2.17. The standard InChI is InChI=1S/C19H19ClN4/c1-13(17-10-21-6-7-22-17)11-24-18-4-3-14(20)9-15(18)16-12-23(2)8-5-19(16)24/h3-4,6-7,9-11H,5,8,12H2,1-2H3.